The molecule has 0 aliphatic carbocycles. The second-order valence-electron chi connectivity index (χ2n) is 5.36. The third-order valence-electron chi connectivity index (χ3n) is 3.60. The first-order valence-electron chi connectivity index (χ1n) is 7.58. The van der Waals surface area contributed by atoms with E-state index in [1.807, 2.05) is 60.7 Å². The number of aliphatic carboxylic acids is 2. The molecule has 2 atom stereocenters. The molecule has 0 aliphatic heterocycles. The van der Waals surface area contributed by atoms with Gasteiger partial charge in [-0.15, -0.1) is 0 Å². The van der Waals surface area contributed by atoms with E-state index in [1.165, 1.54) is 0 Å². The van der Waals surface area contributed by atoms with E-state index in [0.717, 1.165) is 11.1 Å². The predicted molar refractivity (Wildman–Crippen MR) is 89.4 cm³/mol. The highest BCUT2D eigenvalue weighted by Crippen LogP contribution is 2.04. The zero-order valence-corrected chi connectivity index (χ0v) is 13.1. The van der Waals surface area contributed by atoms with Crippen molar-refractivity contribution in [1.29, 1.82) is 0 Å². The van der Waals surface area contributed by atoms with E-state index in [4.69, 9.17) is 0 Å². The lowest BCUT2D eigenvalue weighted by molar-refractivity contribution is -0.148. The van der Waals surface area contributed by atoms with Crippen molar-refractivity contribution in [2.75, 3.05) is 0 Å². The van der Waals surface area contributed by atoms with Gasteiger partial charge in [0, 0.05) is 13.1 Å². The van der Waals surface area contributed by atoms with Crippen LogP contribution in [0.4, 0.5) is 0 Å². The van der Waals surface area contributed by atoms with Gasteiger partial charge in [0.15, 0.2) is 0 Å². The molecule has 2 aromatic rings. The molecule has 0 saturated carbocycles. The van der Waals surface area contributed by atoms with Crippen LogP contribution in [0.25, 0.3) is 0 Å². The lowest BCUT2D eigenvalue weighted by Crippen LogP contribution is -2.56. The van der Waals surface area contributed by atoms with Gasteiger partial charge in [0.1, 0.15) is 12.1 Å². The molecule has 0 radical (unpaired) electrons. The Morgan fingerprint density at radius 1 is 0.708 bits per heavy atom. The fourth-order valence-electron chi connectivity index (χ4n) is 2.34. The van der Waals surface area contributed by atoms with E-state index in [-0.39, 0.29) is 13.1 Å². The number of hydrogen-bond donors (Lipinski definition) is 4. The highest BCUT2D eigenvalue weighted by molar-refractivity contribution is 5.85. The van der Waals surface area contributed by atoms with Crippen molar-refractivity contribution in [1.82, 2.24) is 10.6 Å². The lowest BCUT2D eigenvalue weighted by atomic mass is 10.1. The molecule has 126 valence electrons. The number of carboxylic acids is 2. The molecule has 6 heteroatoms. The molecule has 0 bridgehead atoms. The number of rotatable bonds is 9. The minimum Gasteiger partial charge on any atom is -0.480 e. The zero-order valence-electron chi connectivity index (χ0n) is 13.1. The van der Waals surface area contributed by atoms with Gasteiger partial charge >= 0.3 is 11.9 Å². The van der Waals surface area contributed by atoms with Gasteiger partial charge in [-0.1, -0.05) is 60.7 Å². The quantitative estimate of drug-likeness (QED) is 0.556. The van der Waals surface area contributed by atoms with E-state index < -0.39 is 24.0 Å². The fraction of sp³-hybridized carbons (Fsp3) is 0.222. The van der Waals surface area contributed by atoms with Crippen LogP contribution < -0.4 is 10.6 Å². The Morgan fingerprint density at radius 3 is 1.33 bits per heavy atom. The number of nitrogens with one attached hydrogen (secondary N) is 2. The average molecular weight is 328 g/mol. The Labute approximate surface area is 140 Å². The summed E-state index contributed by atoms with van der Waals surface area (Å²) in [7, 11) is 0. The van der Waals surface area contributed by atoms with Gasteiger partial charge < -0.3 is 10.2 Å². The molecule has 6 nitrogen and oxygen atoms in total. The Hall–Kier alpha value is -2.70. The van der Waals surface area contributed by atoms with Crippen molar-refractivity contribution < 1.29 is 19.8 Å². The van der Waals surface area contributed by atoms with E-state index in [0.29, 0.717) is 0 Å². The summed E-state index contributed by atoms with van der Waals surface area (Å²) in [5, 5.41) is 24.4. The normalized spacial score (nSPS) is 13.2. The second-order valence-corrected chi connectivity index (χ2v) is 5.36. The molecule has 0 saturated heterocycles. The number of hydrogen-bond acceptors (Lipinski definition) is 4. The van der Waals surface area contributed by atoms with Crippen molar-refractivity contribution in [2.45, 2.75) is 25.2 Å². The van der Waals surface area contributed by atoms with Gasteiger partial charge in [0.05, 0.1) is 0 Å². The van der Waals surface area contributed by atoms with Crippen LogP contribution in [0, 0.1) is 0 Å². The van der Waals surface area contributed by atoms with Crippen molar-refractivity contribution >= 4 is 11.9 Å². The van der Waals surface area contributed by atoms with Gasteiger partial charge in [0.2, 0.25) is 0 Å². The minimum absolute atomic E-state index is 0.272. The van der Waals surface area contributed by atoms with Crippen molar-refractivity contribution in [3.05, 3.63) is 71.8 Å². The summed E-state index contributed by atoms with van der Waals surface area (Å²) in [5.74, 6) is -2.42. The Kier molecular flexibility index (Phi) is 6.48. The maximum absolute atomic E-state index is 11.5. The minimum atomic E-state index is -1.24. The summed E-state index contributed by atoms with van der Waals surface area (Å²) in [6, 6.07) is 16.0. The summed E-state index contributed by atoms with van der Waals surface area (Å²) >= 11 is 0. The topological polar surface area (TPSA) is 98.7 Å². The molecule has 4 N–H and O–H groups in total. The molecule has 24 heavy (non-hydrogen) atoms. The highest BCUT2D eigenvalue weighted by atomic mass is 16.4. The molecule has 2 rings (SSSR count). The maximum atomic E-state index is 11.5. The number of carbonyl (C=O) groups is 2. The number of benzene rings is 2. The van der Waals surface area contributed by atoms with Gasteiger partial charge in [-0.3, -0.25) is 20.2 Å². The van der Waals surface area contributed by atoms with Crippen LogP contribution in [0.5, 0.6) is 0 Å². The summed E-state index contributed by atoms with van der Waals surface area (Å²) in [6.45, 7) is 0.545. The molecular formula is C18H20N2O4. The van der Waals surface area contributed by atoms with Crippen LogP contribution in [0.2, 0.25) is 0 Å². The van der Waals surface area contributed by atoms with E-state index in [2.05, 4.69) is 10.6 Å². The Morgan fingerprint density at radius 2 is 1.04 bits per heavy atom. The van der Waals surface area contributed by atoms with Crippen LogP contribution in [-0.4, -0.2) is 34.2 Å². The SMILES string of the molecule is O=C(O)[C@@H](NCc1ccccc1)[C@H](NCc1ccccc1)C(=O)O. The Balaban J connectivity index is 2.03. The first-order valence-corrected chi connectivity index (χ1v) is 7.58. The summed E-state index contributed by atoms with van der Waals surface area (Å²) in [5.41, 5.74) is 1.77. The second kappa shape index (κ2) is 8.81. The van der Waals surface area contributed by atoms with Crippen LogP contribution in [0.1, 0.15) is 11.1 Å². The van der Waals surface area contributed by atoms with E-state index in [1.54, 1.807) is 0 Å². The molecule has 0 aliphatic rings. The monoisotopic (exact) mass is 328 g/mol. The molecule has 0 amide bonds. The third kappa shape index (κ3) is 5.19. The molecular weight excluding hydrogens is 308 g/mol. The number of carboxylic acid groups (broad SMARTS) is 2. The molecule has 0 heterocycles. The van der Waals surface area contributed by atoms with E-state index in [9.17, 15) is 19.8 Å². The van der Waals surface area contributed by atoms with Gasteiger partial charge in [-0.2, -0.15) is 0 Å². The molecule has 0 aromatic heterocycles. The first kappa shape index (κ1) is 17.7. The molecule has 2 aromatic carbocycles. The Bertz CT molecular complexity index is 602. The molecule has 0 unspecified atom stereocenters. The third-order valence-corrected chi connectivity index (χ3v) is 3.60. The van der Waals surface area contributed by atoms with Crippen molar-refractivity contribution in [3.8, 4) is 0 Å². The molecule has 0 spiro atoms. The average Bonchev–Trinajstić information content (AvgIpc) is 2.59. The smallest absolute Gasteiger partial charge is 0.322 e. The standard InChI is InChI=1S/C18H20N2O4/c21-17(22)15(19-11-13-7-3-1-4-8-13)16(18(23)24)20-12-14-9-5-2-6-10-14/h1-10,15-16,19-20H,11-12H2,(H,21,22)(H,23,24)/t15-,16-/m0/s1. The largest absolute Gasteiger partial charge is 0.480 e. The predicted octanol–water partition coefficient (Wildman–Crippen LogP) is 1.47. The zero-order chi connectivity index (χ0) is 17.4. The maximum Gasteiger partial charge on any atom is 0.322 e. The molecule has 0 fully saturated rings. The van der Waals surface area contributed by atoms with Crippen molar-refractivity contribution in [2.24, 2.45) is 0 Å². The van der Waals surface area contributed by atoms with Crippen LogP contribution in [0.15, 0.2) is 60.7 Å². The van der Waals surface area contributed by atoms with Crippen molar-refractivity contribution in [3.63, 3.8) is 0 Å². The summed E-state index contributed by atoms with van der Waals surface area (Å²) < 4.78 is 0. The van der Waals surface area contributed by atoms with Crippen LogP contribution >= 0.6 is 0 Å². The summed E-state index contributed by atoms with van der Waals surface area (Å²) in [4.78, 5) is 23.0. The summed E-state index contributed by atoms with van der Waals surface area (Å²) in [6.07, 6.45) is 0. The lowest BCUT2D eigenvalue weighted by Gasteiger charge is -2.23. The van der Waals surface area contributed by atoms with Gasteiger partial charge in [-0.05, 0) is 11.1 Å². The van der Waals surface area contributed by atoms with Crippen LogP contribution in [-0.2, 0) is 22.7 Å². The van der Waals surface area contributed by atoms with E-state index >= 15 is 0 Å². The fourth-order valence-corrected chi connectivity index (χ4v) is 2.34. The first-order chi connectivity index (χ1) is 11.6. The van der Waals surface area contributed by atoms with Crippen LogP contribution in [0.3, 0.4) is 0 Å². The van der Waals surface area contributed by atoms with Gasteiger partial charge in [-0.25, -0.2) is 0 Å². The highest BCUT2D eigenvalue weighted by Gasteiger charge is 2.33. The van der Waals surface area contributed by atoms with Gasteiger partial charge in [0.25, 0.3) is 0 Å².